The molecule has 5 heteroatoms. The topological polar surface area (TPSA) is 78.6 Å². The van der Waals surface area contributed by atoms with Crippen LogP contribution in [0.3, 0.4) is 0 Å². The Morgan fingerprint density at radius 1 is 1.00 bits per heavy atom. The first-order valence-corrected chi connectivity index (χ1v) is 11.7. The summed E-state index contributed by atoms with van der Waals surface area (Å²) in [6, 6.07) is 20.3. The maximum absolute atomic E-state index is 12.9. The first-order chi connectivity index (χ1) is 15.9. The molecule has 0 bridgehead atoms. The van der Waals surface area contributed by atoms with Crippen molar-refractivity contribution in [3.05, 3.63) is 77.4 Å². The number of benzene rings is 3. The Morgan fingerprint density at radius 2 is 1.76 bits per heavy atom. The summed E-state index contributed by atoms with van der Waals surface area (Å²) >= 11 is 0. The van der Waals surface area contributed by atoms with Gasteiger partial charge in [0.15, 0.2) is 5.60 Å². The van der Waals surface area contributed by atoms with Crippen LogP contribution in [-0.4, -0.2) is 24.1 Å². The predicted molar refractivity (Wildman–Crippen MR) is 127 cm³/mol. The second-order valence-electron chi connectivity index (χ2n) is 9.68. The highest BCUT2D eigenvalue weighted by atomic mass is 16.6. The number of rotatable bonds is 5. The summed E-state index contributed by atoms with van der Waals surface area (Å²) in [6.07, 6.45) is 4.48. The van der Waals surface area contributed by atoms with Crippen molar-refractivity contribution in [3.63, 3.8) is 0 Å². The van der Waals surface area contributed by atoms with E-state index in [0.29, 0.717) is 30.8 Å². The minimum Gasteiger partial charge on any atom is -0.492 e. The van der Waals surface area contributed by atoms with Gasteiger partial charge in [0.05, 0.1) is 12.2 Å². The third-order valence-electron chi connectivity index (χ3n) is 7.27. The molecule has 2 aliphatic rings. The second-order valence-corrected chi connectivity index (χ2v) is 9.68. The predicted octanol–water partition coefficient (Wildman–Crippen LogP) is 5.08. The van der Waals surface area contributed by atoms with Crippen LogP contribution in [0.15, 0.2) is 60.7 Å². The van der Waals surface area contributed by atoms with Crippen LogP contribution in [0.2, 0.25) is 0 Å². The number of amides is 1. The molecule has 1 aliphatic heterocycles. The Bertz CT molecular complexity index is 1220. The molecule has 1 amide bonds. The number of fused-ring (bicyclic) bond motifs is 2. The fourth-order valence-corrected chi connectivity index (χ4v) is 5.35. The van der Waals surface area contributed by atoms with Crippen molar-refractivity contribution in [2.45, 2.75) is 56.5 Å². The van der Waals surface area contributed by atoms with Crippen molar-refractivity contribution in [2.75, 3.05) is 6.61 Å². The number of nitrogens with two attached hydrogens (primary N) is 1. The Morgan fingerprint density at radius 3 is 2.55 bits per heavy atom. The minimum absolute atomic E-state index is 0.209. The van der Waals surface area contributed by atoms with Gasteiger partial charge in [-0.05, 0) is 60.6 Å². The lowest BCUT2D eigenvalue weighted by Gasteiger charge is -2.33. The molecular weight excluding hydrogens is 414 g/mol. The standard InChI is InChI=1S/C28H29NO4/c1-27(17-21-10-7-9-19-8-3-4-11-22(19)21)18-32-24-16-20(12-13-23(24)27)25(30)33-28(26(29)31)14-5-2-6-15-28/h3-4,7-13,16H,2,5-6,14-15,17-18H2,1H3,(H2,29,31). The van der Waals surface area contributed by atoms with Crippen LogP contribution >= 0.6 is 0 Å². The van der Waals surface area contributed by atoms with E-state index in [1.165, 1.54) is 16.3 Å². The number of hydrogen-bond acceptors (Lipinski definition) is 4. The fourth-order valence-electron chi connectivity index (χ4n) is 5.35. The molecule has 0 aromatic heterocycles. The number of ether oxygens (including phenoxy) is 2. The first-order valence-electron chi connectivity index (χ1n) is 11.7. The van der Waals surface area contributed by atoms with Crippen LogP contribution in [0.25, 0.3) is 10.8 Å². The third kappa shape index (κ3) is 3.86. The van der Waals surface area contributed by atoms with Crippen molar-refractivity contribution in [3.8, 4) is 5.75 Å². The zero-order chi connectivity index (χ0) is 23.1. The highest BCUT2D eigenvalue weighted by Crippen LogP contribution is 2.42. The zero-order valence-electron chi connectivity index (χ0n) is 18.9. The van der Waals surface area contributed by atoms with E-state index < -0.39 is 17.5 Å². The fraction of sp³-hybridized carbons (Fsp3) is 0.357. The first kappa shape index (κ1) is 21.5. The largest absolute Gasteiger partial charge is 0.492 e. The molecule has 1 atom stereocenters. The molecule has 3 aromatic carbocycles. The summed E-state index contributed by atoms with van der Waals surface area (Å²) in [5.74, 6) is -0.385. The minimum atomic E-state index is -1.20. The van der Waals surface area contributed by atoms with Crippen LogP contribution in [0.4, 0.5) is 0 Å². The Kier molecular flexibility index (Phi) is 5.35. The van der Waals surface area contributed by atoms with Gasteiger partial charge in [0.25, 0.3) is 5.91 Å². The van der Waals surface area contributed by atoms with E-state index >= 15 is 0 Å². The van der Waals surface area contributed by atoms with Gasteiger partial charge in [-0.1, -0.05) is 61.9 Å². The zero-order valence-corrected chi connectivity index (χ0v) is 18.9. The van der Waals surface area contributed by atoms with Crippen molar-refractivity contribution in [1.82, 2.24) is 0 Å². The lowest BCUT2D eigenvalue weighted by Crippen LogP contribution is -2.49. The van der Waals surface area contributed by atoms with Gasteiger partial charge in [-0.15, -0.1) is 0 Å². The van der Waals surface area contributed by atoms with E-state index in [0.717, 1.165) is 31.2 Å². The molecule has 5 nitrogen and oxygen atoms in total. The molecule has 1 fully saturated rings. The summed E-state index contributed by atoms with van der Waals surface area (Å²) in [6.45, 7) is 2.73. The van der Waals surface area contributed by atoms with E-state index in [1.807, 2.05) is 6.07 Å². The highest BCUT2D eigenvalue weighted by Gasteiger charge is 2.42. The molecule has 1 unspecified atom stereocenters. The van der Waals surface area contributed by atoms with Gasteiger partial charge in [-0.3, -0.25) is 4.79 Å². The number of esters is 1. The van der Waals surface area contributed by atoms with Crippen LogP contribution in [0, 0.1) is 0 Å². The van der Waals surface area contributed by atoms with Gasteiger partial charge < -0.3 is 15.2 Å². The number of primary amides is 1. The average Bonchev–Trinajstić information content (AvgIpc) is 3.15. The summed E-state index contributed by atoms with van der Waals surface area (Å²) < 4.78 is 11.8. The van der Waals surface area contributed by atoms with Gasteiger partial charge in [-0.25, -0.2) is 4.79 Å². The van der Waals surface area contributed by atoms with Gasteiger partial charge in [0, 0.05) is 11.0 Å². The summed E-state index contributed by atoms with van der Waals surface area (Å²) in [7, 11) is 0. The number of carbonyl (C=O) groups is 2. The van der Waals surface area contributed by atoms with Gasteiger partial charge in [-0.2, -0.15) is 0 Å². The van der Waals surface area contributed by atoms with Crippen molar-refractivity contribution in [2.24, 2.45) is 5.73 Å². The molecule has 2 N–H and O–H groups in total. The van der Waals surface area contributed by atoms with Crippen LogP contribution in [0.5, 0.6) is 5.75 Å². The quantitative estimate of drug-likeness (QED) is 0.558. The van der Waals surface area contributed by atoms with Crippen molar-refractivity contribution in [1.29, 1.82) is 0 Å². The van der Waals surface area contributed by atoms with E-state index in [9.17, 15) is 9.59 Å². The molecule has 1 aliphatic carbocycles. The summed E-state index contributed by atoms with van der Waals surface area (Å²) in [4.78, 5) is 25.0. The van der Waals surface area contributed by atoms with Crippen LogP contribution < -0.4 is 10.5 Å². The molecule has 3 aromatic rings. The molecule has 1 saturated carbocycles. The van der Waals surface area contributed by atoms with Crippen LogP contribution in [-0.2, 0) is 21.4 Å². The lowest BCUT2D eigenvalue weighted by molar-refractivity contribution is -0.140. The Hall–Kier alpha value is -3.34. The Balaban J connectivity index is 1.40. The SMILES string of the molecule is CC1(Cc2cccc3ccccc23)COc2cc(C(=O)OC3(C(N)=O)CCCCC3)ccc21. The molecule has 170 valence electrons. The van der Waals surface area contributed by atoms with Crippen LogP contribution in [0.1, 0.15) is 60.5 Å². The van der Waals surface area contributed by atoms with Crippen molar-refractivity contribution >= 4 is 22.6 Å². The molecule has 5 rings (SSSR count). The molecule has 0 saturated heterocycles. The highest BCUT2D eigenvalue weighted by molar-refractivity contribution is 5.94. The normalized spacial score (nSPS) is 21.2. The molecule has 33 heavy (non-hydrogen) atoms. The molecular formula is C28H29NO4. The average molecular weight is 444 g/mol. The maximum Gasteiger partial charge on any atom is 0.339 e. The van der Waals surface area contributed by atoms with E-state index in [1.54, 1.807) is 12.1 Å². The summed E-state index contributed by atoms with van der Waals surface area (Å²) in [5, 5.41) is 2.47. The van der Waals surface area contributed by atoms with E-state index in [-0.39, 0.29) is 5.41 Å². The van der Waals surface area contributed by atoms with E-state index in [2.05, 4.69) is 49.4 Å². The van der Waals surface area contributed by atoms with E-state index in [4.69, 9.17) is 15.2 Å². The second kappa shape index (κ2) is 8.22. The molecule has 0 spiro atoms. The molecule has 1 heterocycles. The Labute approximate surface area is 193 Å². The monoisotopic (exact) mass is 443 g/mol. The number of carbonyl (C=O) groups excluding carboxylic acids is 2. The third-order valence-corrected chi connectivity index (χ3v) is 7.27. The lowest BCUT2D eigenvalue weighted by atomic mass is 9.78. The van der Waals surface area contributed by atoms with Gasteiger partial charge in [0.1, 0.15) is 5.75 Å². The maximum atomic E-state index is 12.9. The number of hydrogen-bond donors (Lipinski definition) is 1. The smallest absolute Gasteiger partial charge is 0.339 e. The van der Waals surface area contributed by atoms with Crippen molar-refractivity contribution < 1.29 is 19.1 Å². The summed E-state index contributed by atoms with van der Waals surface area (Å²) in [5.41, 5.74) is 6.96. The van der Waals surface area contributed by atoms with Gasteiger partial charge in [0.2, 0.25) is 0 Å². The molecule has 0 radical (unpaired) electrons. The van der Waals surface area contributed by atoms with Gasteiger partial charge >= 0.3 is 5.97 Å².